The van der Waals surface area contributed by atoms with Crippen LogP contribution in [0, 0.1) is 11.3 Å². The number of fused-ring (bicyclic) bond motifs is 1. The van der Waals surface area contributed by atoms with Gasteiger partial charge >= 0.3 is 11.8 Å². The molecule has 0 atom stereocenters. The summed E-state index contributed by atoms with van der Waals surface area (Å²) in [4.78, 5) is 23.1. The molecule has 0 fully saturated rings. The van der Waals surface area contributed by atoms with Crippen LogP contribution in [0.15, 0.2) is 18.2 Å². The zero-order valence-electron chi connectivity index (χ0n) is 10.5. The molecule has 1 aliphatic rings. The molecule has 0 heterocycles. The Bertz CT molecular complexity index is 546. The van der Waals surface area contributed by atoms with Gasteiger partial charge in [-0.3, -0.25) is 9.59 Å². The van der Waals surface area contributed by atoms with Gasteiger partial charge in [0.1, 0.15) is 6.54 Å². The Morgan fingerprint density at radius 1 is 1.21 bits per heavy atom. The quantitative estimate of drug-likeness (QED) is 0.615. The van der Waals surface area contributed by atoms with Gasteiger partial charge in [0.05, 0.1) is 6.07 Å². The van der Waals surface area contributed by atoms with E-state index >= 15 is 0 Å². The molecule has 2 amide bonds. The number of rotatable bonds is 2. The van der Waals surface area contributed by atoms with E-state index in [1.807, 2.05) is 6.07 Å². The molecule has 0 aliphatic heterocycles. The summed E-state index contributed by atoms with van der Waals surface area (Å²) < 4.78 is 0. The molecule has 0 spiro atoms. The van der Waals surface area contributed by atoms with Crippen LogP contribution in [0.3, 0.4) is 0 Å². The second kappa shape index (κ2) is 6.01. The molecule has 0 radical (unpaired) electrons. The average Bonchev–Trinajstić information content (AvgIpc) is 2.45. The van der Waals surface area contributed by atoms with Crippen LogP contribution in [-0.4, -0.2) is 18.4 Å². The molecule has 0 unspecified atom stereocenters. The normalized spacial score (nSPS) is 13.0. The summed E-state index contributed by atoms with van der Waals surface area (Å²) in [6.07, 6.45) is 4.19. The van der Waals surface area contributed by atoms with Gasteiger partial charge in [0.15, 0.2) is 0 Å². The minimum absolute atomic E-state index is 0.168. The highest BCUT2D eigenvalue weighted by atomic mass is 16.2. The topological polar surface area (TPSA) is 82.0 Å². The molecule has 0 bridgehead atoms. The molecule has 2 N–H and O–H groups in total. The summed E-state index contributed by atoms with van der Waals surface area (Å²) in [5.74, 6) is -1.51. The summed E-state index contributed by atoms with van der Waals surface area (Å²) >= 11 is 0. The minimum atomic E-state index is -0.782. The number of carbonyl (C=O) groups is 2. The summed E-state index contributed by atoms with van der Waals surface area (Å²) in [5, 5.41) is 13.2. The van der Waals surface area contributed by atoms with Gasteiger partial charge < -0.3 is 10.6 Å². The van der Waals surface area contributed by atoms with Crippen LogP contribution in [-0.2, 0) is 22.4 Å². The lowest BCUT2D eigenvalue weighted by Gasteiger charge is -2.19. The van der Waals surface area contributed by atoms with Crippen molar-refractivity contribution in [3.05, 3.63) is 29.3 Å². The van der Waals surface area contributed by atoms with E-state index in [0.29, 0.717) is 5.69 Å². The number of nitriles is 1. The van der Waals surface area contributed by atoms with E-state index in [4.69, 9.17) is 5.26 Å². The molecule has 0 saturated carbocycles. The van der Waals surface area contributed by atoms with Gasteiger partial charge in [-0.05, 0) is 42.9 Å². The van der Waals surface area contributed by atoms with Crippen molar-refractivity contribution in [1.29, 1.82) is 5.26 Å². The van der Waals surface area contributed by atoms with Crippen LogP contribution in [0.5, 0.6) is 0 Å². The molecule has 5 nitrogen and oxygen atoms in total. The van der Waals surface area contributed by atoms with Crippen molar-refractivity contribution in [3.63, 3.8) is 0 Å². The van der Waals surface area contributed by atoms with Gasteiger partial charge in [-0.2, -0.15) is 5.26 Å². The van der Waals surface area contributed by atoms with Crippen LogP contribution in [0.2, 0.25) is 0 Å². The number of amides is 2. The molecule has 19 heavy (non-hydrogen) atoms. The van der Waals surface area contributed by atoms with E-state index in [-0.39, 0.29) is 6.54 Å². The third-order valence-electron chi connectivity index (χ3n) is 3.18. The maximum Gasteiger partial charge on any atom is 0.313 e. The molecule has 98 valence electrons. The summed E-state index contributed by atoms with van der Waals surface area (Å²) in [6.45, 7) is -0.168. The van der Waals surface area contributed by atoms with Gasteiger partial charge in [-0.25, -0.2) is 0 Å². The van der Waals surface area contributed by atoms with Gasteiger partial charge in [-0.1, -0.05) is 12.1 Å². The number of nitrogens with one attached hydrogen (secondary N) is 2. The van der Waals surface area contributed by atoms with Crippen LogP contribution >= 0.6 is 0 Å². The van der Waals surface area contributed by atoms with Crippen molar-refractivity contribution in [3.8, 4) is 6.07 Å². The average molecular weight is 257 g/mol. The Morgan fingerprint density at radius 3 is 2.79 bits per heavy atom. The molecule has 0 saturated heterocycles. The third-order valence-corrected chi connectivity index (χ3v) is 3.18. The van der Waals surface area contributed by atoms with Crippen molar-refractivity contribution >= 4 is 17.5 Å². The number of nitrogens with zero attached hydrogens (tertiary/aromatic N) is 1. The fraction of sp³-hybridized carbons (Fsp3) is 0.357. The van der Waals surface area contributed by atoms with E-state index in [1.165, 1.54) is 5.56 Å². The first-order chi connectivity index (χ1) is 9.22. The third kappa shape index (κ3) is 3.10. The first kappa shape index (κ1) is 13.1. The van der Waals surface area contributed by atoms with Crippen LogP contribution in [0.25, 0.3) is 0 Å². The Balaban J connectivity index is 2.09. The number of hydrogen-bond donors (Lipinski definition) is 2. The Hall–Kier alpha value is -2.35. The summed E-state index contributed by atoms with van der Waals surface area (Å²) in [6, 6.07) is 7.50. The fourth-order valence-corrected chi connectivity index (χ4v) is 2.28. The lowest BCUT2D eigenvalue weighted by atomic mass is 9.90. The predicted molar refractivity (Wildman–Crippen MR) is 70.3 cm³/mol. The fourth-order valence-electron chi connectivity index (χ4n) is 2.28. The Morgan fingerprint density at radius 2 is 2.00 bits per heavy atom. The zero-order chi connectivity index (χ0) is 13.7. The molecule has 2 rings (SSSR count). The summed E-state index contributed by atoms with van der Waals surface area (Å²) in [5.41, 5.74) is 3.06. The summed E-state index contributed by atoms with van der Waals surface area (Å²) in [7, 11) is 0. The van der Waals surface area contributed by atoms with E-state index in [2.05, 4.69) is 16.7 Å². The van der Waals surface area contributed by atoms with Crippen molar-refractivity contribution in [2.45, 2.75) is 25.7 Å². The van der Waals surface area contributed by atoms with Crippen LogP contribution in [0.4, 0.5) is 5.69 Å². The monoisotopic (exact) mass is 257 g/mol. The smallest absolute Gasteiger partial charge is 0.313 e. The largest absolute Gasteiger partial charge is 0.335 e. The van der Waals surface area contributed by atoms with E-state index in [9.17, 15) is 9.59 Å². The second-order valence-electron chi connectivity index (χ2n) is 4.45. The lowest BCUT2D eigenvalue weighted by molar-refractivity contribution is -0.136. The minimum Gasteiger partial charge on any atom is -0.335 e. The molecule has 1 aliphatic carbocycles. The van der Waals surface area contributed by atoms with E-state index in [1.54, 1.807) is 12.1 Å². The maximum absolute atomic E-state index is 11.7. The lowest BCUT2D eigenvalue weighted by Crippen LogP contribution is -2.35. The number of anilines is 1. The molecular formula is C14H15N3O2. The molecule has 0 aromatic heterocycles. The van der Waals surface area contributed by atoms with Crippen molar-refractivity contribution < 1.29 is 9.59 Å². The van der Waals surface area contributed by atoms with Crippen molar-refractivity contribution in [2.24, 2.45) is 0 Å². The molecular weight excluding hydrogens is 242 g/mol. The molecule has 1 aromatic carbocycles. The van der Waals surface area contributed by atoms with Crippen LogP contribution < -0.4 is 10.6 Å². The zero-order valence-corrected chi connectivity index (χ0v) is 10.5. The number of aryl methyl sites for hydroxylation is 1. The predicted octanol–water partition coefficient (Wildman–Crippen LogP) is 1.14. The van der Waals surface area contributed by atoms with Crippen LogP contribution in [0.1, 0.15) is 24.0 Å². The van der Waals surface area contributed by atoms with Crippen molar-refractivity contribution in [1.82, 2.24) is 5.32 Å². The second-order valence-corrected chi connectivity index (χ2v) is 4.45. The number of carbonyl (C=O) groups excluding carboxylic acids is 2. The van der Waals surface area contributed by atoms with Gasteiger partial charge in [0.25, 0.3) is 0 Å². The SMILES string of the molecule is N#CCNC(=O)C(=O)Nc1cccc2c1CCCC2. The number of hydrogen-bond acceptors (Lipinski definition) is 3. The maximum atomic E-state index is 11.7. The van der Waals surface area contributed by atoms with Gasteiger partial charge in [-0.15, -0.1) is 0 Å². The first-order valence-electron chi connectivity index (χ1n) is 6.29. The first-order valence-corrected chi connectivity index (χ1v) is 6.29. The molecule has 5 heteroatoms. The highest BCUT2D eigenvalue weighted by Crippen LogP contribution is 2.27. The molecule has 1 aromatic rings. The standard InChI is InChI=1S/C14H15N3O2/c15-8-9-16-13(18)14(19)17-12-7-3-5-10-4-1-2-6-11(10)12/h3,5,7H,1-2,4,6,9H2,(H,16,18)(H,17,19). The van der Waals surface area contributed by atoms with E-state index in [0.717, 1.165) is 31.2 Å². The Labute approximate surface area is 111 Å². The van der Waals surface area contributed by atoms with Gasteiger partial charge in [0, 0.05) is 5.69 Å². The van der Waals surface area contributed by atoms with Crippen molar-refractivity contribution in [2.75, 3.05) is 11.9 Å². The number of benzene rings is 1. The highest BCUT2D eigenvalue weighted by Gasteiger charge is 2.17. The highest BCUT2D eigenvalue weighted by molar-refractivity contribution is 6.39. The van der Waals surface area contributed by atoms with E-state index < -0.39 is 11.8 Å². The van der Waals surface area contributed by atoms with Gasteiger partial charge in [0.2, 0.25) is 0 Å². The Kier molecular flexibility index (Phi) is 4.14.